The van der Waals surface area contributed by atoms with E-state index in [0.717, 1.165) is 49.3 Å². The van der Waals surface area contributed by atoms with Crippen LogP contribution in [0.4, 0.5) is 13.2 Å². The first-order valence-corrected chi connectivity index (χ1v) is 12.6. The van der Waals surface area contributed by atoms with Crippen LogP contribution in [0.5, 0.6) is 0 Å². The van der Waals surface area contributed by atoms with Gasteiger partial charge in [-0.05, 0) is 76.2 Å². The lowest BCUT2D eigenvalue weighted by atomic mass is 10.0. The van der Waals surface area contributed by atoms with Crippen LogP contribution in [0.25, 0.3) is 39.7 Å². The molecule has 8 heteroatoms. The molecule has 35 heavy (non-hydrogen) atoms. The van der Waals surface area contributed by atoms with Gasteiger partial charge in [-0.3, -0.25) is 9.55 Å². The second kappa shape index (κ2) is 8.77. The van der Waals surface area contributed by atoms with Crippen LogP contribution in [-0.2, 0) is 6.18 Å². The van der Waals surface area contributed by atoms with Crippen molar-refractivity contribution in [1.29, 1.82) is 0 Å². The first kappa shape index (κ1) is 23.5. The number of rotatable bonds is 4. The highest BCUT2D eigenvalue weighted by Crippen LogP contribution is 2.44. The Kier molecular flexibility index (Phi) is 5.89. The van der Waals surface area contributed by atoms with Gasteiger partial charge in [0, 0.05) is 42.5 Å². The van der Waals surface area contributed by atoms with Crippen molar-refractivity contribution in [2.45, 2.75) is 33.9 Å². The van der Waals surface area contributed by atoms with E-state index < -0.39 is 11.7 Å². The average Bonchev–Trinajstić information content (AvgIpc) is 3.47. The van der Waals surface area contributed by atoms with E-state index in [1.54, 1.807) is 28.9 Å². The third kappa shape index (κ3) is 4.32. The predicted octanol–water partition coefficient (Wildman–Crippen LogP) is 8.64. The Morgan fingerprint density at radius 2 is 1.43 bits per heavy atom. The minimum absolute atomic E-state index is 0.585. The first-order chi connectivity index (χ1) is 16.6. The number of hydrogen-bond donors (Lipinski definition) is 0. The average molecular weight is 510 g/mol. The number of aromatic nitrogens is 3. The maximum absolute atomic E-state index is 13.3. The smallest absolute Gasteiger partial charge is 0.290 e. The maximum atomic E-state index is 13.3. The molecule has 3 nitrogen and oxygen atoms in total. The quantitative estimate of drug-likeness (QED) is 0.243. The molecule has 4 aromatic heterocycles. The number of hydrogen-bond acceptors (Lipinski definition) is 4. The second-order valence-corrected chi connectivity index (χ2v) is 11.3. The highest BCUT2D eigenvalue weighted by Gasteiger charge is 2.31. The van der Waals surface area contributed by atoms with Crippen LogP contribution in [0.15, 0.2) is 60.8 Å². The Labute approximate surface area is 209 Å². The molecule has 0 saturated carbocycles. The second-order valence-electron chi connectivity index (χ2n) is 8.38. The van der Waals surface area contributed by atoms with Crippen molar-refractivity contribution < 1.29 is 13.2 Å². The topological polar surface area (TPSA) is 30.7 Å². The summed E-state index contributed by atoms with van der Waals surface area (Å²) in [7, 11) is 0. The lowest BCUT2D eigenvalue weighted by Gasteiger charge is -2.14. The van der Waals surface area contributed by atoms with E-state index in [-0.39, 0.29) is 0 Å². The Morgan fingerprint density at radius 1 is 0.800 bits per heavy atom. The van der Waals surface area contributed by atoms with Gasteiger partial charge in [0.25, 0.3) is 0 Å². The van der Waals surface area contributed by atoms with Crippen molar-refractivity contribution >= 4 is 22.7 Å². The summed E-state index contributed by atoms with van der Waals surface area (Å²) in [4.78, 5) is 14.2. The molecule has 0 saturated heterocycles. The molecule has 5 aromatic rings. The van der Waals surface area contributed by atoms with Crippen molar-refractivity contribution in [2.75, 3.05) is 0 Å². The van der Waals surface area contributed by atoms with Crippen LogP contribution in [-0.4, -0.2) is 14.5 Å². The van der Waals surface area contributed by atoms with Gasteiger partial charge in [0.2, 0.25) is 0 Å². The van der Waals surface area contributed by atoms with Gasteiger partial charge >= 0.3 is 6.18 Å². The number of imidazole rings is 1. The van der Waals surface area contributed by atoms with E-state index in [1.807, 2.05) is 22.8 Å². The van der Waals surface area contributed by atoms with Crippen molar-refractivity contribution in [2.24, 2.45) is 0 Å². The van der Waals surface area contributed by atoms with Crippen LogP contribution in [0.3, 0.4) is 0 Å². The molecular formula is C27H22F3N3S2. The van der Waals surface area contributed by atoms with Crippen molar-refractivity contribution in [1.82, 2.24) is 14.5 Å². The monoisotopic (exact) mass is 509 g/mol. The molecule has 0 N–H and O–H groups in total. The normalized spacial score (nSPS) is 11.9. The van der Waals surface area contributed by atoms with Gasteiger partial charge < -0.3 is 0 Å². The van der Waals surface area contributed by atoms with E-state index in [2.05, 4.69) is 44.8 Å². The van der Waals surface area contributed by atoms with E-state index in [9.17, 15) is 13.2 Å². The van der Waals surface area contributed by atoms with Gasteiger partial charge in [0.05, 0.1) is 17.0 Å². The van der Waals surface area contributed by atoms with Gasteiger partial charge in [-0.2, -0.15) is 13.2 Å². The molecule has 0 bridgehead atoms. The predicted molar refractivity (Wildman–Crippen MR) is 137 cm³/mol. The summed E-state index contributed by atoms with van der Waals surface area (Å²) in [6.07, 6.45) is -2.71. The zero-order chi connectivity index (χ0) is 24.9. The standard InChI is InChI=1S/C27H22F3N3S2/c1-15-13-21(17(3)34-15)24-25(22-14-16(2)35-18(22)4)33(26(32-24)23-7-5-6-12-31-23)20-10-8-19(9-11-20)27(28,29)30/h5-14H,1-4H3. The van der Waals surface area contributed by atoms with E-state index in [1.165, 1.54) is 17.0 Å². The van der Waals surface area contributed by atoms with E-state index in [4.69, 9.17) is 4.98 Å². The number of pyridine rings is 1. The lowest BCUT2D eigenvalue weighted by Crippen LogP contribution is -2.06. The maximum Gasteiger partial charge on any atom is 0.416 e. The molecule has 0 unspecified atom stereocenters. The third-order valence-electron chi connectivity index (χ3n) is 5.82. The molecule has 178 valence electrons. The molecule has 1 aromatic carbocycles. The summed E-state index contributed by atoms with van der Waals surface area (Å²) in [5.41, 5.74) is 4.25. The molecule has 0 aliphatic carbocycles. The molecule has 0 amide bonds. The van der Waals surface area contributed by atoms with Crippen LogP contribution in [0.1, 0.15) is 25.1 Å². The number of alkyl halides is 3. The Hall–Kier alpha value is -3.23. The number of thiophene rings is 2. The summed E-state index contributed by atoms with van der Waals surface area (Å²) in [5, 5.41) is 0. The Morgan fingerprint density at radius 3 is 1.94 bits per heavy atom. The minimum Gasteiger partial charge on any atom is -0.290 e. The van der Waals surface area contributed by atoms with Gasteiger partial charge in [-0.25, -0.2) is 4.98 Å². The number of benzene rings is 1. The van der Waals surface area contributed by atoms with Crippen LogP contribution >= 0.6 is 22.7 Å². The van der Waals surface area contributed by atoms with Crippen LogP contribution < -0.4 is 0 Å². The highest BCUT2D eigenvalue weighted by molar-refractivity contribution is 7.12. The van der Waals surface area contributed by atoms with Gasteiger partial charge in [-0.1, -0.05) is 6.07 Å². The molecule has 0 spiro atoms. The number of halogens is 3. The largest absolute Gasteiger partial charge is 0.416 e. The van der Waals surface area contributed by atoms with Crippen LogP contribution in [0.2, 0.25) is 0 Å². The fourth-order valence-corrected chi connectivity index (χ4v) is 6.16. The molecule has 0 aliphatic heterocycles. The number of aryl methyl sites for hydroxylation is 4. The third-order valence-corrected chi connectivity index (χ3v) is 7.75. The molecule has 0 radical (unpaired) electrons. The molecule has 0 aliphatic rings. The molecule has 4 heterocycles. The van der Waals surface area contributed by atoms with Crippen molar-refractivity contribution in [3.8, 4) is 39.7 Å². The molecular weight excluding hydrogens is 487 g/mol. The van der Waals surface area contributed by atoms with Gasteiger partial charge in [0.1, 0.15) is 5.69 Å². The molecule has 0 atom stereocenters. The van der Waals surface area contributed by atoms with Gasteiger partial charge in [-0.15, -0.1) is 22.7 Å². The zero-order valence-electron chi connectivity index (χ0n) is 19.6. The summed E-state index contributed by atoms with van der Waals surface area (Å²) in [6, 6.07) is 15.1. The molecule has 0 fully saturated rings. The zero-order valence-corrected chi connectivity index (χ0v) is 21.2. The minimum atomic E-state index is -4.41. The van der Waals surface area contributed by atoms with Crippen LogP contribution in [0, 0.1) is 27.7 Å². The number of nitrogens with zero attached hydrogens (tertiary/aromatic N) is 3. The Bertz CT molecular complexity index is 1510. The fourth-order valence-electron chi connectivity index (χ4n) is 4.31. The Balaban J connectivity index is 1.88. The first-order valence-electron chi connectivity index (χ1n) is 11.0. The van der Waals surface area contributed by atoms with Crippen molar-refractivity contribution in [3.05, 3.63) is 85.9 Å². The van der Waals surface area contributed by atoms with Crippen molar-refractivity contribution in [3.63, 3.8) is 0 Å². The highest BCUT2D eigenvalue weighted by atomic mass is 32.1. The van der Waals surface area contributed by atoms with E-state index >= 15 is 0 Å². The lowest BCUT2D eigenvalue weighted by molar-refractivity contribution is -0.137. The summed E-state index contributed by atoms with van der Waals surface area (Å²) in [6.45, 7) is 8.25. The summed E-state index contributed by atoms with van der Waals surface area (Å²) in [5.74, 6) is 0.585. The summed E-state index contributed by atoms with van der Waals surface area (Å²) < 4.78 is 41.9. The SMILES string of the molecule is Cc1cc(-c2nc(-c3ccccn3)n(-c3ccc(C(F)(F)F)cc3)c2-c2cc(C)sc2C)c(C)s1. The van der Waals surface area contributed by atoms with Gasteiger partial charge in [0.15, 0.2) is 5.82 Å². The fraction of sp³-hybridized carbons (Fsp3) is 0.185. The summed E-state index contributed by atoms with van der Waals surface area (Å²) >= 11 is 3.39. The molecule has 5 rings (SSSR count). The van der Waals surface area contributed by atoms with E-state index in [0.29, 0.717) is 17.2 Å².